The van der Waals surface area contributed by atoms with E-state index in [0.29, 0.717) is 5.82 Å². The standard InChI is InChI=1S/C11H17N3O/c1-11(5-2-6-15-11)8-14-9-3-4-10(12)13-7-9/h3-4,7,14H,2,5-6,8H2,1H3,(H2,12,13). The molecular formula is C11H17N3O. The lowest BCUT2D eigenvalue weighted by molar-refractivity contribution is 0.0315. The summed E-state index contributed by atoms with van der Waals surface area (Å²) in [5.41, 5.74) is 6.47. The van der Waals surface area contributed by atoms with Crippen molar-refractivity contribution in [2.45, 2.75) is 25.4 Å². The summed E-state index contributed by atoms with van der Waals surface area (Å²) in [6, 6.07) is 3.72. The Labute approximate surface area is 89.8 Å². The minimum atomic E-state index is -0.0264. The molecule has 2 heterocycles. The molecule has 1 unspecified atom stereocenters. The molecule has 0 aliphatic carbocycles. The molecule has 1 saturated heterocycles. The molecule has 0 bridgehead atoms. The van der Waals surface area contributed by atoms with Gasteiger partial charge >= 0.3 is 0 Å². The fraction of sp³-hybridized carbons (Fsp3) is 0.545. The van der Waals surface area contributed by atoms with E-state index in [9.17, 15) is 0 Å². The van der Waals surface area contributed by atoms with E-state index in [4.69, 9.17) is 10.5 Å². The highest BCUT2D eigenvalue weighted by molar-refractivity contribution is 5.45. The van der Waals surface area contributed by atoms with Crippen LogP contribution in [0.25, 0.3) is 0 Å². The van der Waals surface area contributed by atoms with Gasteiger partial charge in [-0.2, -0.15) is 0 Å². The van der Waals surface area contributed by atoms with Gasteiger partial charge in [0.05, 0.1) is 17.5 Å². The molecule has 1 aliphatic heterocycles. The lowest BCUT2D eigenvalue weighted by Crippen LogP contribution is -2.32. The first kappa shape index (κ1) is 10.2. The molecule has 1 aliphatic rings. The molecule has 0 radical (unpaired) electrons. The molecule has 4 nitrogen and oxygen atoms in total. The van der Waals surface area contributed by atoms with Crippen molar-refractivity contribution in [1.29, 1.82) is 0 Å². The van der Waals surface area contributed by atoms with Crippen LogP contribution in [-0.2, 0) is 4.74 Å². The van der Waals surface area contributed by atoms with Gasteiger partial charge in [-0.1, -0.05) is 0 Å². The normalized spacial score (nSPS) is 25.4. The van der Waals surface area contributed by atoms with E-state index < -0.39 is 0 Å². The van der Waals surface area contributed by atoms with Crippen LogP contribution in [0, 0.1) is 0 Å². The zero-order valence-corrected chi connectivity index (χ0v) is 8.99. The van der Waals surface area contributed by atoms with Crippen LogP contribution in [0.2, 0.25) is 0 Å². The van der Waals surface area contributed by atoms with Crippen LogP contribution >= 0.6 is 0 Å². The number of hydrogen-bond donors (Lipinski definition) is 2. The van der Waals surface area contributed by atoms with Gasteiger partial charge in [0.1, 0.15) is 5.82 Å². The second kappa shape index (κ2) is 4.06. The van der Waals surface area contributed by atoms with Gasteiger partial charge in [-0.25, -0.2) is 4.98 Å². The molecule has 0 amide bonds. The van der Waals surface area contributed by atoms with Crippen molar-refractivity contribution in [2.75, 3.05) is 24.2 Å². The van der Waals surface area contributed by atoms with Crippen molar-refractivity contribution >= 4 is 11.5 Å². The first-order valence-electron chi connectivity index (χ1n) is 5.27. The minimum Gasteiger partial charge on any atom is -0.384 e. The first-order valence-corrected chi connectivity index (χ1v) is 5.27. The SMILES string of the molecule is CC1(CNc2ccc(N)nc2)CCCO1. The molecule has 0 aromatic carbocycles. The minimum absolute atomic E-state index is 0.0264. The number of nitrogens with zero attached hydrogens (tertiary/aromatic N) is 1. The van der Waals surface area contributed by atoms with Crippen LogP contribution in [0.1, 0.15) is 19.8 Å². The molecule has 1 fully saturated rings. The number of nitrogens with one attached hydrogen (secondary N) is 1. The van der Waals surface area contributed by atoms with Crippen molar-refractivity contribution in [3.63, 3.8) is 0 Å². The van der Waals surface area contributed by atoms with Crippen molar-refractivity contribution in [1.82, 2.24) is 4.98 Å². The lowest BCUT2D eigenvalue weighted by atomic mass is 10.0. The maximum Gasteiger partial charge on any atom is 0.123 e. The fourth-order valence-corrected chi connectivity index (χ4v) is 1.78. The maximum absolute atomic E-state index is 5.68. The number of nitrogen functional groups attached to an aromatic ring is 1. The first-order chi connectivity index (χ1) is 7.18. The zero-order chi connectivity index (χ0) is 10.7. The van der Waals surface area contributed by atoms with E-state index in [-0.39, 0.29) is 5.60 Å². The number of pyridine rings is 1. The highest BCUT2D eigenvalue weighted by Crippen LogP contribution is 2.25. The molecule has 3 N–H and O–H groups in total. The quantitative estimate of drug-likeness (QED) is 0.791. The van der Waals surface area contributed by atoms with Crippen LogP contribution in [0.15, 0.2) is 18.3 Å². The van der Waals surface area contributed by atoms with Crippen LogP contribution in [0.4, 0.5) is 11.5 Å². The van der Waals surface area contributed by atoms with E-state index in [2.05, 4.69) is 17.2 Å². The van der Waals surface area contributed by atoms with E-state index >= 15 is 0 Å². The predicted molar refractivity (Wildman–Crippen MR) is 60.7 cm³/mol. The Hall–Kier alpha value is -1.29. The third-order valence-electron chi connectivity index (χ3n) is 2.75. The van der Waals surface area contributed by atoms with Crippen molar-refractivity contribution in [3.05, 3.63) is 18.3 Å². The Morgan fingerprint density at radius 1 is 1.60 bits per heavy atom. The molecule has 2 rings (SSSR count). The smallest absolute Gasteiger partial charge is 0.123 e. The predicted octanol–water partition coefficient (Wildman–Crippen LogP) is 1.64. The summed E-state index contributed by atoms with van der Waals surface area (Å²) < 4.78 is 5.68. The van der Waals surface area contributed by atoms with Gasteiger partial charge < -0.3 is 15.8 Å². The van der Waals surface area contributed by atoms with E-state index in [1.54, 1.807) is 12.3 Å². The van der Waals surface area contributed by atoms with E-state index in [1.165, 1.54) is 0 Å². The average molecular weight is 207 g/mol. The highest BCUT2D eigenvalue weighted by Gasteiger charge is 2.29. The second-order valence-corrected chi connectivity index (χ2v) is 4.23. The molecule has 1 atom stereocenters. The summed E-state index contributed by atoms with van der Waals surface area (Å²) >= 11 is 0. The number of aromatic nitrogens is 1. The van der Waals surface area contributed by atoms with Crippen molar-refractivity contribution in [2.24, 2.45) is 0 Å². The molecule has 4 heteroatoms. The highest BCUT2D eigenvalue weighted by atomic mass is 16.5. The Bertz CT molecular complexity index is 317. The molecule has 15 heavy (non-hydrogen) atoms. The summed E-state index contributed by atoms with van der Waals surface area (Å²) in [5, 5.41) is 3.31. The van der Waals surface area contributed by atoms with Crippen molar-refractivity contribution < 1.29 is 4.74 Å². The number of rotatable bonds is 3. The number of hydrogen-bond acceptors (Lipinski definition) is 4. The van der Waals surface area contributed by atoms with E-state index in [0.717, 1.165) is 31.7 Å². The van der Waals surface area contributed by atoms with Gasteiger partial charge in [0, 0.05) is 13.2 Å². The maximum atomic E-state index is 5.68. The Balaban J connectivity index is 1.90. The fourth-order valence-electron chi connectivity index (χ4n) is 1.78. The van der Waals surface area contributed by atoms with Gasteiger partial charge in [-0.15, -0.1) is 0 Å². The monoisotopic (exact) mass is 207 g/mol. The third-order valence-corrected chi connectivity index (χ3v) is 2.75. The summed E-state index contributed by atoms with van der Waals surface area (Å²) in [4.78, 5) is 4.02. The van der Waals surface area contributed by atoms with Gasteiger partial charge in [0.15, 0.2) is 0 Å². The summed E-state index contributed by atoms with van der Waals surface area (Å²) in [6.07, 6.45) is 4.01. The molecule has 1 aromatic rings. The Morgan fingerprint density at radius 2 is 2.47 bits per heavy atom. The summed E-state index contributed by atoms with van der Waals surface area (Å²) in [6.45, 7) is 3.83. The average Bonchev–Trinajstić information content (AvgIpc) is 2.65. The molecular weight excluding hydrogens is 190 g/mol. The third kappa shape index (κ3) is 2.59. The van der Waals surface area contributed by atoms with Gasteiger partial charge in [-0.3, -0.25) is 0 Å². The molecule has 0 saturated carbocycles. The lowest BCUT2D eigenvalue weighted by Gasteiger charge is -2.23. The van der Waals surface area contributed by atoms with Crippen LogP contribution in [-0.4, -0.2) is 23.7 Å². The Kier molecular flexibility index (Phi) is 2.77. The molecule has 1 aromatic heterocycles. The van der Waals surface area contributed by atoms with Crippen molar-refractivity contribution in [3.8, 4) is 0 Å². The van der Waals surface area contributed by atoms with Gasteiger partial charge in [0.2, 0.25) is 0 Å². The second-order valence-electron chi connectivity index (χ2n) is 4.23. The largest absolute Gasteiger partial charge is 0.384 e. The van der Waals surface area contributed by atoms with Crippen LogP contribution in [0.3, 0.4) is 0 Å². The van der Waals surface area contributed by atoms with Crippen LogP contribution in [0.5, 0.6) is 0 Å². The number of ether oxygens (including phenoxy) is 1. The van der Waals surface area contributed by atoms with Crippen LogP contribution < -0.4 is 11.1 Å². The molecule has 0 spiro atoms. The van der Waals surface area contributed by atoms with Gasteiger partial charge in [0.25, 0.3) is 0 Å². The summed E-state index contributed by atoms with van der Waals surface area (Å²) in [5.74, 6) is 0.545. The zero-order valence-electron chi connectivity index (χ0n) is 8.99. The van der Waals surface area contributed by atoms with E-state index in [1.807, 2.05) is 6.07 Å². The molecule has 82 valence electrons. The Morgan fingerprint density at radius 3 is 3.07 bits per heavy atom. The van der Waals surface area contributed by atoms with Gasteiger partial charge in [-0.05, 0) is 31.9 Å². The topological polar surface area (TPSA) is 60.2 Å². The number of nitrogens with two attached hydrogens (primary N) is 1. The summed E-state index contributed by atoms with van der Waals surface area (Å²) in [7, 11) is 0. The number of anilines is 2.